The SMILES string of the molecule is CCc1nnc2n1CCN(C(=O)Cn1ccc3cc(OC)ccc31)C2. The molecule has 2 aromatic heterocycles. The second-order valence-corrected chi connectivity index (χ2v) is 6.22. The largest absolute Gasteiger partial charge is 0.497 e. The number of aromatic nitrogens is 4. The van der Waals surface area contributed by atoms with Crippen molar-refractivity contribution in [2.45, 2.75) is 33.0 Å². The number of rotatable bonds is 4. The number of fused-ring (bicyclic) bond motifs is 2. The average Bonchev–Trinajstić information content (AvgIpc) is 3.24. The molecule has 0 N–H and O–H groups in total. The van der Waals surface area contributed by atoms with E-state index in [9.17, 15) is 4.79 Å². The maximum Gasteiger partial charge on any atom is 0.242 e. The van der Waals surface area contributed by atoms with Crippen LogP contribution in [0.5, 0.6) is 5.75 Å². The van der Waals surface area contributed by atoms with Crippen LogP contribution >= 0.6 is 0 Å². The van der Waals surface area contributed by atoms with E-state index in [4.69, 9.17) is 4.74 Å². The molecule has 1 aromatic carbocycles. The maximum atomic E-state index is 12.7. The van der Waals surface area contributed by atoms with Crippen molar-refractivity contribution in [2.24, 2.45) is 0 Å². The summed E-state index contributed by atoms with van der Waals surface area (Å²) in [5, 5.41) is 9.49. The zero-order valence-electron chi connectivity index (χ0n) is 14.5. The molecule has 7 nitrogen and oxygen atoms in total. The van der Waals surface area contributed by atoms with Crippen molar-refractivity contribution in [3.8, 4) is 5.75 Å². The summed E-state index contributed by atoms with van der Waals surface area (Å²) in [4.78, 5) is 14.6. The van der Waals surface area contributed by atoms with Gasteiger partial charge in [0, 0.05) is 36.6 Å². The first kappa shape index (κ1) is 15.7. The molecular weight excluding hydrogens is 318 g/mol. The molecule has 3 aromatic rings. The number of carbonyl (C=O) groups excluding carboxylic acids is 1. The number of ether oxygens (including phenoxy) is 1. The number of nitrogens with zero attached hydrogens (tertiary/aromatic N) is 5. The van der Waals surface area contributed by atoms with Gasteiger partial charge in [0.1, 0.15) is 18.1 Å². The van der Waals surface area contributed by atoms with Gasteiger partial charge in [-0.25, -0.2) is 0 Å². The third-order valence-corrected chi connectivity index (χ3v) is 4.78. The van der Waals surface area contributed by atoms with E-state index in [1.54, 1.807) is 7.11 Å². The maximum absolute atomic E-state index is 12.7. The van der Waals surface area contributed by atoms with Crippen molar-refractivity contribution >= 4 is 16.8 Å². The van der Waals surface area contributed by atoms with Gasteiger partial charge in [-0.05, 0) is 24.3 Å². The molecule has 1 aliphatic rings. The normalized spacial score (nSPS) is 13.9. The fourth-order valence-electron chi connectivity index (χ4n) is 3.38. The van der Waals surface area contributed by atoms with Crippen LogP contribution in [0, 0.1) is 0 Å². The summed E-state index contributed by atoms with van der Waals surface area (Å²) < 4.78 is 9.36. The Morgan fingerprint density at radius 1 is 1.24 bits per heavy atom. The fraction of sp³-hybridized carbons (Fsp3) is 0.389. The highest BCUT2D eigenvalue weighted by molar-refractivity contribution is 5.84. The van der Waals surface area contributed by atoms with Crippen molar-refractivity contribution in [1.29, 1.82) is 0 Å². The molecule has 0 bridgehead atoms. The van der Waals surface area contributed by atoms with Gasteiger partial charge in [0.15, 0.2) is 5.82 Å². The standard InChI is InChI=1S/C18H21N5O2/c1-3-16-19-20-17-11-22(8-9-23(16)17)18(24)12-21-7-6-13-10-14(25-2)4-5-15(13)21/h4-7,10H,3,8-9,11-12H2,1-2H3. The first-order valence-electron chi connectivity index (χ1n) is 8.51. The predicted octanol–water partition coefficient (Wildman–Crippen LogP) is 1.85. The molecule has 4 rings (SSSR count). The number of hydrogen-bond donors (Lipinski definition) is 0. The molecule has 0 fully saturated rings. The van der Waals surface area contributed by atoms with E-state index in [1.165, 1.54) is 0 Å². The lowest BCUT2D eigenvalue weighted by Gasteiger charge is -2.28. The van der Waals surface area contributed by atoms with Crippen molar-refractivity contribution in [3.63, 3.8) is 0 Å². The quantitative estimate of drug-likeness (QED) is 0.728. The van der Waals surface area contributed by atoms with Crippen LogP contribution in [0.1, 0.15) is 18.6 Å². The Morgan fingerprint density at radius 2 is 2.12 bits per heavy atom. The van der Waals surface area contributed by atoms with Gasteiger partial charge in [0.25, 0.3) is 0 Å². The Kier molecular flexibility index (Phi) is 3.91. The third kappa shape index (κ3) is 2.75. The predicted molar refractivity (Wildman–Crippen MR) is 93.3 cm³/mol. The minimum absolute atomic E-state index is 0.0978. The monoisotopic (exact) mass is 339 g/mol. The van der Waals surface area contributed by atoms with E-state index in [1.807, 2.05) is 39.9 Å². The molecule has 1 amide bonds. The first-order chi connectivity index (χ1) is 12.2. The molecule has 0 saturated carbocycles. The highest BCUT2D eigenvalue weighted by Crippen LogP contribution is 2.22. The molecule has 1 aliphatic heterocycles. The summed E-state index contributed by atoms with van der Waals surface area (Å²) in [6.07, 6.45) is 2.81. The van der Waals surface area contributed by atoms with E-state index < -0.39 is 0 Å². The van der Waals surface area contributed by atoms with E-state index in [-0.39, 0.29) is 5.91 Å². The van der Waals surface area contributed by atoms with Crippen LogP contribution in [0.4, 0.5) is 0 Å². The van der Waals surface area contributed by atoms with Gasteiger partial charge in [0.2, 0.25) is 5.91 Å². The molecule has 3 heterocycles. The summed E-state index contributed by atoms with van der Waals surface area (Å²) in [5.41, 5.74) is 1.03. The number of amides is 1. The van der Waals surface area contributed by atoms with Gasteiger partial charge in [-0.3, -0.25) is 4.79 Å². The zero-order chi connectivity index (χ0) is 17.4. The van der Waals surface area contributed by atoms with Gasteiger partial charge in [-0.2, -0.15) is 0 Å². The van der Waals surface area contributed by atoms with Gasteiger partial charge < -0.3 is 18.8 Å². The van der Waals surface area contributed by atoms with Crippen LogP contribution in [0.2, 0.25) is 0 Å². The van der Waals surface area contributed by atoms with Crippen molar-refractivity contribution in [1.82, 2.24) is 24.2 Å². The summed E-state index contributed by atoms with van der Waals surface area (Å²) in [6.45, 7) is 4.38. The summed E-state index contributed by atoms with van der Waals surface area (Å²) in [7, 11) is 1.65. The van der Waals surface area contributed by atoms with Gasteiger partial charge >= 0.3 is 0 Å². The van der Waals surface area contributed by atoms with Crippen molar-refractivity contribution < 1.29 is 9.53 Å². The Morgan fingerprint density at radius 3 is 2.92 bits per heavy atom. The van der Waals surface area contributed by atoms with Gasteiger partial charge in [-0.15, -0.1) is 10.2 Å². The van der Waals surface area contributed by atoms with Crippen LogP contribution in [0.15, 0.2) is 30.5 Å². The van der Waals surface area contributed by atoms with Crippen LogP contribution in [-0.2, 0) is 30.8 Å². The molecule has 130 valence electrons. The average molecular weight is 339 g/mol. The van der Waals surface area contributed by atoms with Gasteiger partial charge in [0.05, 0.1) is 13.7 Å². The molecule has 0 spiro atoms. The van der Waals surface area contributed by atoms with Crippen molar-refractivity contribution in [2.75, 3.05) is 13.7 Å². The first-order valence-corrected chi connectivity index (χ1v) is 8.51. The number of hydrogen-bond acceptors (Lipinski definition) is 4. The topological polar surface area (TPSA) is 65.2 Å². The van der Waals surface area contributed by atoms with E-state index in [0.717, 1.165) is 41.3 Å². The Bertz CT molecular complexity index is 927. The lowest BCUT2D eigenvalue weighted by Crippen LogP contribution is -2.40. The van der Waals surface area contributed by atoms with E-state index in [0.29, 0.717) is 19.6 Å². The van der Waals surface area contributed by atoms with E-state index in [2.05, 4.69) is 21.7 Å². The third-order valence-electron chi connectivity index (χ3n) is 4.78. The molecule has 0 aliphatic carbocycles. The second kappa shape index (κ2) is 6.23. The molecule has 0 radical (unpaired) electrons. The van der Waals surface area contributed by atoms with Crippen molar-refractivity contribution in [3.05, 3.63) is 42.1 Å². The number of methoxy groups -OCH3 is 1. The number of carbonyl (C=O) groups is 1. The minimum atomic E-state index is 0.0978. The van der Waals surface area contributed by atoms with Crippen LogP contribution in [0.3, 0.4) is 0 Å². The smallest absolute Gasteiger partial charge is 0.242 e. The minimum Gasteiger partial charge on any atom is -0.497 e. The van der Waals surface area contributed by atoms with Crippen LogP contribution in [-0.4, -0.2) is 43.8 Å². The molecule has 7 heteroatoms. The lowest BCUT2D eigenvalue weighted by molar-refractivity contribution is -0.133. The summed E-state index contributed by atoms with van der Waals surface area (Å²) >= 11 is 0. The fourth-order valence-corrected chi connectivity index (χ4v) is 3.38. The number of aryl methyl sites for hydroxylation is 1. The number of benzene rings is 1. The van der Waals surface area contributed by atoms with Crippen LogP contribution in [0.25, 0.3) is 10.9 Å². The zero-order valence-corrected chi connectivity index (χ0v) is 14.5. The molecule has 0 unspecified atom stereocenters. The second-order valence-electron chi connectivity index (χ2n) is 6.22. The van der Waals surface area contributed by atoms with Gasteiger partial charge in [-0.1, -0.05) is 6.92 Å². The Balaban J connectivity index is 1.51. The summed E-state index contributed by atoms with van der Waals surface area (Å²) in [6, 6.07) is 7.89. The molecule has 0 saturated heterocycles. The lowest BCUT2D eigenvalue weighted by atomic mass is 10.2. The Hall–Kier alpha value is -2.83. The Labute approximate surface area is 145 Å². The summed E-state index contributed by atoms with van der Waals surface area (Å²) in [5.74, 6) is 2.78. The highest BCUT2D eigenvalue weighted by atomic mass is 16.5. The highest BCUT2D eigenvalue weighted by Gasteiger charge is 2.24. The molecular formula is C18H21N5O2. The van der Waals surface area contributed by atoms with Crippen LogP contribution < -0.4 is 4.74 Å². The molecule has 0 atom stereocenters. The molecule has 25 heavy (non-hydrogen) atoms. The van der Waals surface area contributed by atoms with E-state index >= 15 is 0 Å².